The van der Waals surface area contributed by atoms with Crippen LogP contribution in [0.25, 0.3) is 0 Å². The maximum atomic E-state index is 6.09. The Labute approximate surface area is 109 Å². The molecule has 1 atom stereocenters. The van der Waals surface area contributed by atoms with Gasteiger partial charge in [0.2, 0.25) is 0 Å². The van der Waals surface area contributed by atoms with Gasteiger partial charge in [0.25, 0.3) is 0 Å². The molecule has 100 valence electrons. The summed E-state index contributed by atoms with van der Waals surface area (Å²) in [6.07, 6.45) is 9.46. The van der Waals surface area contributed by atoms with Gasteiger partial charge in [0.15, 0.2) is 0 Å². The van der Waals surface area contributed by atoms with Crippen molar-refractivity contribution in [3.8, 4) is 0 Å². The van der Waals surface area contributed by atoms with Gasteiger partial charge in [-0.3, -0.25) is 4.90 Å². The lowest BCUT2D eigenvalue weighted by Gasteiger charge is -2.46. The lowest BCUT2D eigenvalue weighted by atomic mass is 9.75. The second kappa shape index (κ2) is 4.67. The van der Waals surface area contributed by atoms with Gasteiger partial charge in [0.05, 0.1) is 6.54 Å². The van der Waals surface area contributed by atoms with Crippen molar-refractivity contribution in [3.05, 3.63) is 18.2 Å². The van der Waals surface area contributed by atoms with E-state index in [4.69, 9.17) is 5.73 Å². The number of hydrogen-bond donors (Lipinski definition) is 1. The molecule has 2 N–H and O–H groups in total. The van der Waals surface area contributed by atoms with Crippen LogP contribution in [0.3, 0.4) is 0 Å². The Morgan fingerprint density at radius 3 is 2.94 bits per heavy atom. The van der Waals surface area contributed by atoms with Crippen molar-refractivity contribution in [1.29, 1.82) is 0 Å². The fraction of sp³-hybridized carbons (Fsp3) is 0.786. The molecule has 0 saturated heterocycles. The van der Waals surface area contributed by atoms with Crippen LogP contribution < -0.4 is 5.73 Å². The highest BCUT2D eigenvalue weighted by Gasteiger charge is 2.36. The van der Waals surface area contributed by atoms with Crippen LogP contribution in [0.5, 0.6) is 0 Å². The van der Waals surface area contributed by atoms with Gasteiger partial charge in [0.1, 0.15) is 5.82 Å². The van der Waals surface area contributed by atoms with Crippen molar-refractivity contribution in [2.75, 3.05) is 13.1 Å². The van der Waals surface area contributed by atoms with E-state index in [1.54, 1.807) is 0 Å². The highest BCUT2D eigenvalue weighted by molar-refractivity contribution is 5.00. The van der Waals surface area contributed by atoms with Gasteiger partial charge >= 0.3 is 0 Å². The molecule has 0 bridgehead atoms. The standard InChI is InChI=1S/C14H24N4/c1-14(11-15,9-12-3-2-4-12)18-8-7-17-6-5-16-13(17)10-18/h5-6,12H,2-4,7-11,15H2,1H3. The maximum Gasteiger partial charge on any atom is 0.122 e. The van der Waals surface area contributed by atoms with E-state index in [1.807, 2.05) is 6.20 Å². The molecule has 1 unspecified atom stereocenters. The van der Waals surface area contributed by atoms with Crippen molar-refractivity contribution >= 4 is 0 Å². The number of fused-ring (bicyclic) bond motifs is 1. The minimum absolute atomic E-state index is 0.155. The molecule has 4 heteroatoms. The molecule has 1 aromatic rings. The Morgan fingerprint density at radius 2 is 2.28 bits per heavy atom. The van der Waals surface area contributed by atoms with Crippen LogP contribution in [0.2, 0.25) is 0 Å². The average molecular weight is 248 g/mol. The molecule has 1 aliphatic carbocycles. The minimum Gasteiger partial charge on any atom is -0.333 e. The van der Waals surface area contributed by atoms with Crippen molar-refractivity contribution in [2.45, 2.75) is 51.2 Å². The molecule has 3 rings (SSSR count). The molecule has 18 heavy (non-hydrogen) atoms. The zero-order valence-corrected chi connectivity index (χ0v) is 11.3. The van der Waals surface area contributed by atoms with E-state index in [0.29, 0.717) is 0 Å². The van der Waals surface area contributed by atoms with Crippen LogP contribution in [0, 0.1) is 5.92 Å². The number of imidazole rings is 1. The minimum atomic E-state index is 0.155. The highest BCUT2D eigenvalue weighted by Crippen LogP contribution is 2.36. The summed E-state index contributed by atoms with van der Waals surface area (Å²) in [7, 11) is 0. The third-order valence-corrected chi connectivity index (χ3v) is 4.90. The molecule has 0 amide bonds. The molecular formula is C14H24N4. The van der Waals surface area contributed by atoms with Crippen LogP contribution in [0.1, 0.15) is 38.4 Å². The summed E-state index contributed by atoms with van der Waals surface area (Å²) in [5.41, 5.74) is 6.25. The monoisotopic (exact) mass is 248 g/mol. The zero-order chi connectivity index (χ0) is 12.6. The first-order chi connectivity index (χ1) is 8.71. The summed E-state index contributed by atoms with van der Waals surface area (Å²) in [5, 5.41) is 0. The van der Waals surface area contributed by atoms with E-state index in [1.165, 1.54) is 31.5 Å². The molecule has 0 aromatic carbocycles. The van der Waals surface area contributed by atoms with Gasteiger partial charge in [-0.05, 0) is 19.3 Å². The van der Waals surface area contributed by atoms with E-state index in [0.717, 1.165) is 32.1 Å². The van der Waals surface area contributed by atoms with Gasteiger partial charge in [-0.15, -0.1) is 0 Å². The number of nitrogens with zero attached hydrogens (tertiary/aromatic N) is 3. The van der Waals surface area contributed by atoms with Crippen molar-refractivity contribution in [3.63, 3.8) is 0 Å². The quantitative estimate of drug-likeness (QED) is 0.880. The van der Waals surface area contributed by atoms with Crippen molar-refractivity contribution in [2.24, 2.45) is 11.7 Å². The predicted octanol–water partition coefficient (Wildman–Crippen LogP) is 1.61. The number of nitrogens with two attached hydrogens (primary N) is 1. The first-order valence-corrected chi connectivity index (χ1v) is 7.16. The topological polar surface area (TPSA) is 47.1 Å². The van der Waals surface area contributed by atoms with Gasteiger partial charge in [-0.1, -0.05) is 19.3 Å². The van der Waals surface area contributed by atoms with Gasteiger partial charge in [0, 0.05) is 37.6 Å². The van der Waals surface area contributed by atoms with E-state index in [-0.39, 0.29) is 5.54 Å². The Morgan fingerprint density at radius 1 is 1.44 bits per heavy atom. The third kappa shape index (κ3) is 2.08. The molecule has 0 radical (unpaired) electrons. The molecule has 1 fully saturated rings. The Bertz CT molecular complexity index is 410. The molecule has 2 aliphatic rings. The van der Waals surface area contributed by atoms with Crippen molar-refractivity contribution in [1.82, 2.24) is 14.5 Å². The van der Waals surface area contributed by atoms with E-state index < -0.39 is 0 Å². The first-order valence-electron chi connectivity index (χ1n) is 7.16. The normalized spacial score (nSPS) is 24.3. The smallest absolute Gasteiger partial charge is 0.122 e. The molecule has 1 aliphatic heterocycles. The van der Waals surface area contributed by atoms with Crippen LogP contribution in [-0.2, 0) is 13.1 Å². The number of rotatable bonds is 4. The first kappa shape index (κ1) is 12.2. The van der Waals surface area contributed by atoms with Crippen LogP contribution in [0.4, 0.5) is 0 Å². The second-order valence-corrected chi connectivity index (χ2v) is 6.16. The second-order valence-electron chi connectivity index (χ2n) is 6.16. The fourth-order valence-corrected chi connectivity index (χ4v) is 3.29. The van der Waals surface area contributed by atoms with E-state index in [9.17, 15) is 0 Å². The lowest BCUT2D eigenvalue weighted by Crippen LogP contribution is -2.55. The van der Waals surface area contributed by atoms with E-state index in [2.05, 4.69) is 27.6 Å². The molecule has 0 spiro atoms. The Balaban J connectivity index is 1.72. The summed E-state index contributed by atoms with van der Waals surface area (Å²) in [6.45, 7) is 6.20. The Hall–Kier alpha value is -0.870. The highest BCUT2D eigenvalue weighted by atomic mass is 15.3. The molecule has 1 aromatic heterocycles. The molecule has 1 saturated carbocycles. The van der Waals surface area contributed by atoms with Gasteiger partial charge in [-0.2, -0.15) is 0 Å². The maximum absolute atomic E-state index is 6.09. The van der Waals surface area contributed by atoms with Crippen molar-refractivity contribution < 1.29 is 0 Å². The molecule has 4 nitrogen and oxygen atoms in total. The summed E-state index contributed by atoms with van der Waals surface area (Å²) in [6, 6.07) is 0. The van der Waals surface area contributed by atoms with Crippen LogP contribution in [0.15, 0.2) is 12.4 Å². The Kier molecular flexibility index (Phi) is 3.16. The SMILES string of the molecule is CC(CN)(CC1CCC1)N1CCn2ccnc2C1. The molecule has 2 heterocycles. The summed E-state index contributed by atoms with van der Waals surface area (Å²) in [4.78, 5) is 7.00. The fourth-order valence-electron chi connectivity index (χ4n) is 3.29. The van der Waals surface area contributed by atoms with E-state index >= 15 is 0 Å². The third-order valence-electron chi connectivity index (χ3n) is 4.90. The average Bonchev–Trinajstić information content (AvgIpc) is 2.80. The molecular weight excluding hydrogens is 224 g/mol. The number of hydrogen-bond acceptors (Lipinski definition) is 3. The van der Waals surface area contributed by atoms with Gasteiger partial charge in [-0.25, -0.2) is 4.98 Å². The summed E-state index contributed by atoms with van der Waals surface area (Å²) >= 11 is 0. The lowest BCUT2D eigenvalue weighted by molar-refractivity contribution is 0.0436. The summed E-state index contributed by atoms with van der Waals surface area (Å²) in [5.74, 6) is 2.09. The largest absolute Gasteiger partial charge is 0.333 e. The summed E-state index contributed by atoms with van der Waals surface area (Å²) < 4.78 is 2.26. The van der Waals surface area contributed by atoms with Crippen LogP contribution in [-0.4, -0.2) is 33.1 Å². The van der Waals surface area contributed by atoms with Crippen LogP contribution >= 0.6 is 0 Å². The number of aromatic nitrogens is 2. The predicted molar refractivity (Wildman–Crippen MR) is 72.1 cm³/mol. The van der Waals surface area contributed by atoms with Gasteiger partial charge < -0.3 is 10.3 Å². The zero-order valence-electron chi connectivity index (χ0n) is 11.3.